The minimum absolute atomic E-state index is 0.0394. The molecule has 3 saturated heterocycles. The molecule has 3 heterocycles. The molecule has 4 rings (SSSR count). The fraction of sp³-hybridized carbons (Fsp3) is 0.500. The fourth-order valence-corrected chi connectivity index (χ4v) is 3.56. The molecular weight excluding hydrogens is 320 g/mol. The normalized spacial score (nSPS) is 22.5. The lowest BCUT2D eigenvalue weighted by Crippen LogP contribution is -2.49. The van der Waals surface area contributed by atoms with Crippen molar-refractivity contribution in [3.63, 3.8) is 0 Å². The number of amides is 3. The number of fused-ring (bicyclic) bond motifs is 4. The van der Waals surface area contributed by atoms with E-state index in [1.54, 1.807) is 36.3 Å². The van der Waals surface area contributed by atoms with Gasteiger partial charge in [-0.25, -0.2) is 4.79 Å². The van der Waals surface area contributed by atoms with E-state index < -0.39 is 0 Å². The lowest BCUT2D eigenvalue weighted by molar-refractivity contribution is -0.140. The highest BCUT2D eigenvalue weighted by molar-refractivity contribution is 5.90. The molecule has 132 valence electrons. The summed E-state index contributed by atoms with van der Waals surface area (Å²) in [5.74, 6) is -0.0260. The predicted molar refractivity (Wildman–Crippen MR) is 91.8 cm³/mol. The zero-order valence-electron chi connectivity index (χ0n) is 14.3. The van der Waals surface area contributed by atoms with Crippen molar-refractivity contribution < 1.29 is 14.3 Å². The summed E-state index contributed by atoms with van der Waals surface area (Å²) in [6.45, 7) is 2.02. The Balaban J connectivity index is 1.70. The molecule has 1 aromatic carbocycles. The predicted octanol–water partition coefficient (Wildman–Crippen LogP) is 1.66. The molecular formula is C18H22N4O3. The van der Waals surface area contributed by atoms with E-state index >= 15 is 0 Å². The number of ether oxygens (including phenoxy) is 1. The van der Waals surface area contributed by atoms with E-state index in [1.165, 1.54) is 0 Å². The SMILES string of the molecule is COCCN1C(=O)[C@@H]2CC[C@H]1CN(C(=O)Nc1cccc(C#N)c1)C2. The number of nitriles is 1. The number of hydrogen-bond donors (Lipinski definition) is 1. The van der Waals surface area contributed by atoms with Gasteiger partial charge in [0.2, 0.25) is 5.91 Å². The number of methoxy groups -OCH3 is 1. The van der Waals surface area contributed by atoms with Crippen LogP contribution in [0.2, 0.25) is 0 Å². The van der Waals surface area contributed by atoms with Crippen LogP contribution in [0, 0.1) is 17.2 Å². The van der Waals surface area contributed by atoms with Crippen molar-refractivity contribution in [3.05, 3.63) is 29.8 Å². The third kappa shape index (κ3) is 3.74. The first-order valence-corrected chi connectivity index (χ1v) is 8.48. The van der Waals surface area contributed by atoms with Crippen LogP contribution in [0.3, 0.4) is 0 Å². The van der Waals surface area contributed by atoms with Gasteiger partial charge in [-0.3, -0.25) is 4.79 Å². The summed E-state index contributed by atoms with van der Waals surface area (Å²) < 4.78 is 5.10. The van der Waals surface area contributed by atoms with Crippen molar-refractivity contribution in [2.75, 3.05) is 38.7 Å². The summed E-state index contributed by atoms with van der Waals surface area (Å²) in [5, 5.41) is 11.8. The number of anilines is 1. The largest absolute Gasteiger partial charge is 0.383 e. The maximum absolute atomic E-state index is 12.6. The zero-order valence-corrected chi connectivity index (χ0v) is 14.3. The number of carbonyl (C=O) groups excluding carboxylic acids is 2. The topological polar surface area (TPSA) is 85.7 Å². The number of nitrogens with zero attached hydrogens (tertiary/aromatic N) is 3. The van der Waals surface area contributed by atoms with E-state index in [1.807, 2.05) is 4.90 Å². The summed E-state index contributed by atoms with van der Waals surface area (Å²) in [5.41, 5.74) is 1.08. The molecule has 7 nitrogen and oxygen atoms in total. The van der Waals surface area contributed by atoms with E-state index in [9.17, 15) is 9.59 Å². The van der Waals surface area contributed by atoms with Crippen molar-refractivity contribution >= 4 is 17.6 Å². The van der Waals surface area contributed by atoms with E-state index in [0.29, 0.717) is 37.5 Å². The van der Waals surface area contributed by atoms with Crippen molar-refractivity contribution in [3.8, 4) is 6.07 Å². The lowest BCUT2D eigenvalue weighted by atomic mass is 9.94. The van der Waals surface area contributed by atoms with Crippen LogP contribution in [0.5, 0.6) is 0 Å². The average Bonchev–Trinajstić information content (AvgIpc) is 2.91. The monoisotopic (exact) mass is 342 g/mol. The highest BCUT2D eigenvalue weighted by Crippen LogP contribution is 2.29. The van der Waals surface area contributed by atoms with Crippen LogP contribution in [0.4, 0.5) is 10.5 Å². The second kappa shape index (κ2) is 7.53. The smallest absolute Gasteiger partial charge is 0.321 e. The summed E-state index contributed by atoms with van der Waals surface area (Å²) >= 11 is 0. The number of urea groups is 1. The van der Waals surface area contributed by atoms with E-state index in [-0.39, 0.29) is 23.9 Å². The lowest BCUT2D eigenvalue weighted by Gasteiger charge is -2.35. The zero-order chi connectivity index (χ0) is 17.8. The molecule has 3 aliphatic rings. The Hall–Kier alpha value is -2.59. The van der Waals surface area contributed by atoms with Crippen molar-refractivity contribution in [1.29, 1.82) is 5.26 Å². The second-order valence-electron chi connectivity index (χ2n) is 6.48. The molecule has 3 aliphatic heterocycles. The van der Waals surface area contributed by atoms with Crippen LogP contribution < -0.4 is 5.32 Å². The van der Waals surface area contributed by atoms with Gasteiger partial charge in [-0.15, -0.1) is 0 Å². The van der Waals surface area contributed by atoms with Crippen LogP contribution in [0.1, 0.15) is 18.4 Å². The Bertz CT molecular complexity index is 700. The van der Waals surface area contributed by atoms with E-state index in [4.69, 9.17) is 10.00 Å². The molecule has 0 unspecified atom stereocenters. The van der Waals surface area contributed by atoms with Gasteiger partial charge in [-0.2, -0.15) is 5.26 Å². The number of carbonyl (C=O) groups is 2. The molecule has 0 aliphatic carbocycles. The van der Waals surface area contributed by atoms with Crippen molar-refractivity contribution in [1.82, 2.24) is 9.80 Å². The van der Waals surface area contributed by atoms with Crippen molar-refractivity contribution in [2.24, 2.45) is 5.92 Å². The molecule has 7 heteroatoms. The first-order valence-electron chi connectivity index (χ1n) is 8.48. The third-order valence-corrected chi connectivity index (χ3v) is 4.86. The van der Waals surface area contributed by atoms with Gasteiger partial charge >= 0.3 is 6.03 Å². The van der Waals surface area contributed by atoms with Gasteiger partial charge in [0.1, 0.15) is 0 Å². The molecule has 25 heavy (non-hydrogen) atoms. The Kier molecular flexibility index (Phi) is 5.19. The van der Waals surface area contributed by atoms with E-state index in [0.717, 1.165) is 12.8 Å². The number of piperidine rings is 1. The third-order valence-electron chi connectivity index (χ3n) is 4.86. The number of hydrogen-bond acceptors (Lipinski definition) is 4. The first-order chi connectivity index (χ1) is 12.1. The van der Waals surface area contributed by atoms with E-state index in [2.05, 4.69) is 11.4 Å². The van der Waals surface area contributed by atoms with Crippen LogP contribution in [-0.4, -0.2) is 61.1 Å². The van der Waals surface area contributed by atoms with Crippen LogP contribution >= 0.6 is 0 Å². The first kappa shape index (κ1) is 17.2. The van der Waals surface area contributed by atoms with Gasteiger partial charge in [-0.1, -0.05) is 6.07 Å². The molecule has 1 aromatic rings. The number of nitrogens with one attached hydrogen (secondary N) is 1. The average molecular weight is 342 g/mol. The fourth-order valence-electron chi connectivity index (χ4n) is 3.56. The standard InChI is InChI=1S/C18H22N4O3/c1-25-8-7-22-16-6-5-14(17(22)23)11-21(12-16)18(24)20-15-4-2-3-13(9-15)10-19/h2-4,9,14,16H,5-8,11-12H2,1H3,(H,20,24)/t14-,16+/m1/s1. The summed E-state index contributed by atoms with van der Waals surface area (Å²) in [6.07, 6.45) is 1.73. The Morgan fingerprint density at radius 1 is 1.40 bits per heavy atom. The van der Waals surface area contributed by atoms with Crippen molar-refractivity contribution in [2.45, 2.75) is 18.9 Å². The molecule has 0 spiro atoms. The van der Waals surface area contributed by atoms with Gasteiger partial charge < -0.3 is 19.9 Å². The van der Waals surface area contributed by atoms with Crippen LogP contribution in [0.15, 0.2) is 24.3 Å². The van der Waals surface area contributed by atoms with Crippen LogP contribution in [0.25, 0.3) is 0 Å². The Morgan fingerprint density at radius 3 is 3.00 bits per heavy atom. The minimum Gasteiger partial charge on any atom is -0.383 e. The summed E-state index contributed by atoms with van der Waals surface area (Å²) in [6, 6.07) is 8.68. The molecule has 1 N–H and O–H groups in total. The molecule has 0 saturated carbocycles. The number of benzene rings is 1. The van der Waals surface area contributed by atoms with Gasteiger partial charge in [-0.05, 0) is 31.0 Å². The molecule has 2 atom stereocenters. The maximum Gasteiger partial charge on any atom is 0.321 e. The van der Waals surface area contributed by atoms with Crippen LogP contribution in [-0.2, 0) is 9.53 Å². The molecule has 2 bridgehead atoms. The molecule has 3 fully saturated rings. The molecule has 0 aromatic heterocycles. The molecule has 3 amide bonds. The molecule has 0 radical (unpaired) electrons. The van der Waals surface area contributed by atoms with Gasteiger partial charge in [0.25, 0.3) is 0 Å². The highest BCUT2D eigenvalue weighted by atomic mass is 16.5. The number of rotatable bonds is 4. The quantitative estimate of drug-likeness (QED) is 0.902. The maximum atomic E-state index is 12.6. The van der Waals surface area contributed by atoms with Gasteiger partial charge in [0, 0.05) is 38.5 Å². The van der Waals surface area contributed by atoms with Gasteiger partial charge in [0.05, 0.1) is 24.2 Å². The summed E-state index contributed by atoms with van der Waals surface area (Å²) in [7, 11) is 1.62. The Labute approximate surface area is 147 Å². The minimum atomic E-state index is -0.228. The Morgan fingerprint density at radius 2 is 2.24 bits per heavy atom. The van der Waals surface area contributed by atoms with Gasteiger partial charge in [0.15, 0.2) is 0 Å². The second-order valence-corrected chi connectivity index (χ2v) is 6.48. The summed E-state index contributed by atoms with van der Waals surface area (Å²) in [4.78, 5) is 28.8. The highest BCUT2D eigenvalue weighted by Gasteiger charge is 2.41.